The van der Waals surface area contributed by atoms with Gasteiger partial charge < -0.3 is 20.5 Å². The van der Waals surface area contributed by atoms with Gasteiger partial charge in [-0.2, -0.15) is 9.61 Å². The Morgan fingerprint density at radius 3 is 2.85 bits per heavy atom. The van der Waals surface area contributed by atoms with Crippen molar-refractivity contribution < 1.29 is 14.2 Å². The SMILES string of the molecule is COc1cc2nc(N)n3nc([C@@H]4CC[C@H](C)N(c5cnn(CC6(O)CC6)c5)C4)nc3c2cc1F. The van der Waals surface area contributed by atoms with Crippen LogP contribution in [0.25, 0.3) is 16.6 Å². The molecule has 1 aromatic carbocycles. The molecule has 2 aliphatic rings. The lowest BCUT2D eigenvalue weighted by molar-refractivity contribution is 0.125. The number of methoxy groups -OCH3 is 1. The van der Waals surface area contributed by atoms with E-state index in [0.29, 0.717) is 35.0 Å². The molecule has 10 nitrogen and oxygen atoms in total. The molecule has 178 valence electrons. The summed E-state index contributed by atoms with van der Waals surface area (Å²) in [5, 5.41) is 19.9. The third kappa shape index (κ3) is 3.51. The van der Waals surface area contributed by atoms with Crippen LogP contribution in [0.5, 0.6) is 5.75 Å². The Hall–Kier alpha value is -3.47. The van der Waals surface area contributed by atoms with Crippen molar-refractivity contribution in [3.05, 3.63) is 36.2 Å². The molecule has 1 aliphatic carbocycles. The maximum atomic E-state index is 14.4. The number of hydrogen-bond acceptors (Lipinski definition) is 8. The summed E-state index contributed by atoms with van der Waals surface area (Å²) in [6, 6.07) is 3.23. The normalized spacial score (nSPS) is 21.9. The molecule has 4 aromatic rings. The van der Waals surface area contributed by atoms with Crippen molar-refractivity contribution in [1.82, 2.24) is 29.4 Å². The second-order valence-corrected chi connectivity index (χ2v) is 9.58. The molecule has 1 aliphatic heterocycles. The number of hydrogen-bond donors (Lipinski definition) is 2. The maximum Gasteiger partial charge on any atom is 0.223 e. The number of nitrogen functional groups attached to an aromatic ring is 1. The van der Waals surface area contributed by atoms with Gasteiger partial charge >= 0.3 is 0 Å². The Labute approximate surface area is 195 Å². The number of piperidine rings is 1. The second-order valence-electron chi connectivity index (χ2n) is 9.58. The van der Waals surface area contributed by atoms with Gasteiger partial charge in [0.25, 0.3) is 0 Å². The summed E-state index contributed by atoms with van der Waals surface area (Å²) in [5.41, 5.74) is 7.58. The highest BCUT2D eigenvalue weighted by Gasteiger charge is 2.41. The highest BCUT2D eigenvalue weighted by Crippen LogP contribution is 2.37. The van der Waals surface area contributed by atoms with Crippen LogP contribution in [-0.2, 0) is 6.54 Å². The highest BCUT2D eigenvalue weighted by atomic mass is 19.1. The minimum atomic E-state index is -0.597. The van der Waals surface area contributed by atoms with Crippen molar-refractivity contribution in [2.24, 2.45) is 0 Å². The molecule has 0 bridgehead atoms. The predicted molar refractivity (Wildman–Crippen MR) is 124 cm³/mol. The van der Waals surface area contributed by atoms with Crippen molar-refractivity contribution in [2.45, 2.75) is 56.7 Å². The quantitative estimate of drug-likeness (QED) is 0.460. The van der Waals surface area contributed by atoms with Crippen LogP contribution in [0.4, 0.5) is 16.0 Å². The Kier molecular flexibility index (Phi) is 4.67. The van der Waals surface area contributed by atoms with E-state index in [4.69, 9.17) is 15.5 Å². The molecule has 3 N–H and O–H groups in total. The van der Waals surface area contributed by atoms with E-state index < -0.39 is 11.4 Å². The summed E-state index contributed by atoms with van der Waals surface area (Å²) in [6.45, 7) is 3.44. The average Bonchev–Trinajstić information content (AvgIpc) is 3.19. The molecule has 11 heteroatoms. The van der Waals surface area contributed by atoms with E-state index >= 15 is 0 Å². The molecular formula is C23H27FN8O2. The van der Waals surface area contributed by atoms with Crippen molar-refractivity contribution >= 4 is 28.2 Å². The Morgan fingerprint density at radius 1 is 1.26 bits per heavy atom. The molecule has 0 radical (unpaired) electrons. The number of aliphatic hydroxyl groups is 1. The summed E-state index contributed by atoms with van der Waals surface area (Å²) < 4.78 is 22.8. The molecule has 4 heterocycles. The Bertz CT molecular complexity index is 1390. The fourth-order valence-electron chi connectivity index (χ4n) is 4.85. The number of rotatable bonds is 5. The largest absolute Gasteiger partial charge is 0.494 e. The number of nitrogens with two attached hydrogens (primary N) is 1. The zero-order valence-electron chi connectivity index (χ0n) is 19.1. The van der Waals surface area contributed by atoms with Gasteiger partial charge in [-0.15, -0.1) is 5.10 Å². The van der Waals surface area contributed by atoms with Gasteiger partial charge in [0.2, 0.25) is 5.95 Å². The number of halogens is 1. The molecule has 2 atom stereocenters. The standard InChI is InChI=1S/C23H27FN8O2/c1-13-3-4-14(10-31(13)15-9-26-30(11-15)12-23(33)5-6-23)20-28-21-16-7-17(24)19(34-2)8-18(16)27-22(25)32(21)29-20/h7-9,11,13-14,33H,3-6,10,12H2,1-2H3,(H2,25,27)/t13-,14+/m0/s1. The van der Waals surface area contributed by atoms with Crippen molar-refractivity contribution in [3.63, 3.8) is 0 Å². The zero-order chi connectivity index (χ0) is 23.6. The minimum absolute atomic E-state index is 0.0737. The van der Waals surface area contributed by atoms with Gasteiger partial charge in [0.05, 0.1) is 36.7 Å². The first kappa shape index (κ1) is 21.1. The number of fused-ring (bicyclic) bond motifs is 3. The fraction of sp³-hybridized carbons (Fsp3) is 0.478. The number of ether oxygens (including phenoxy) is 1. The van der Waals surface area contributed by atoms with Gasteiger partial charge in [-0.05, 0) is 38.7 Å². The fourth-order valence-corrected chi connectivity index (χ4v) is 4.85. The average molecular weight is 467 g/mol. The molecule has 0 unspecified atom stereocenters. The zero-order valence-corrected chi connectivity index (χ0v) is 19.1. The summed E-state index contributed by atoms with van der Waals surface area (Å²) in [5.74, 6) is 0.543. The van der Waals surface area contributed by atoms with E-state index in [1.165, 1.54) is 23.8 Å². The van der Waals surface area contributed by atoms with Crippen LogP contribution in [0.1, 0.15) is 44.3 Å². The van der Waals surface area contributed by atoms with E-state index in [1.54, 1.807) is 0 Å². The van der Waals surface area contributed by atoms with Gasteiger partial charge in [-0.1, -0.05) is 0 Å². The van der Waals surface area contributed by atoms with Crippen LogP contribution in [-0.4, -0.2) is 59.8 Å². The number of benzene rings is 1. The van der Waals surface area contributed by atoms with Gasteiger partial charge in [0.15, 0.2) is 23.0 Å². The minimum Gasteiger partial charge on any atom is -0.494 e. The lowest BCUT2D eigenvalue weighted by Gasteiger charge is -2.37. The van der Waals surface area contributed by atoms with E-state index in [-0.39, 0.29) is 17.6 Å². The van der Waals surface area contributed by atoms with E-state index in [2.05, 4.69) is 27.0 Å². The van der Waals surface area contributed by atoms with E-state index in [0.717, 1.165) is 37.9 Å². The van der Waals surface area contributed by atoms with E-state index in [1.807, 2.05) is 17.1 Å². The van der Waals surface area contributed by atoms with Crippen LogP contribution in [0.15, 0.2) is 24.5 Å². The Balaban J connectivity index is 1.32. The first-order chi connectivity index (χ1) is 16.3. The van der Waals surface area contributed by atoms with Gasteiger partial charge in [0.1, 0.15) is 0 Å². The molecule has 2 fully saturated rings. The van der Waals surface area contributed by atoms with Crippen LogP contribution in [0.3, 0.4) is 0 Å². The topological polar surface area (TPSA) is 120 Å². The third-order valence-electron chi connectivity index (χ3n) is 7.07. The molecule has 6 rings (SSSR count). The number of aromatic nitrogens is 6. The monoisotopic (exact) mass is 466 g/mol. The summed E-state index contributed by atoms with van der Waals surface area (Å²) in [7, 11) is 1.41. The number of anilines is 2. The first-order valence-corrected chi connectivity index (χ1v) is 11.5. The molecule has 1 saturated carbocycles. The van der Waals surface area contributed by atoms with Crippen molar-refractivity contribution in [1.29, 1.82) is 0 Å². The molecule has 34 heavy (non-hydrogen) atoms. The van der Waals surface area contributed by atoms with E-state index in [9.17, 15) is 9.50 Å². The smallest absolute Gasteiger partial charge is 0.223 e. The molecular weight excluding hydrogens is 439 g/mol. The molecule has 0 spiro atoms. The lowest BCUT2D eigenvalue weighted by atomic mass is 9.92. The van der Waals surface area contributed by atoms with Crippen molar-refractivity contribution in [2.75, 3.05) is 24.3 Å². The van der Waals surface area contributed by atoms with Crippen LogP contribution in [0.2, 0.25) is 0 Å². The van der Waals surface area contributed by atoms with Crippen LogP contribution >= 0.6 is 0 Å². The summed E-state index contributed by atoms with van der Waals surface area (Å²) in [4.78, 5) is 11.5. The van der Waals surface area contributed by atoms with Crippen LogP contribution in [0, 0.1) is 5.82 Å². The van der Waals surface area contributed by atoms with Gasteiger partial charge in [0, 0.05) is 36.2 Å². The number of nitrogens with zero attached hydrogens (tertiary/aromatic N) is 7. The second kappa shape index (κ2) is 7.52. The summed E-state index contributed by atoms with van der Waals surface area (Å²) >= 11 is 0. The Morgan fingerprint density at radius 2 is 2.09 bits per heavy atom. The van der Waals surface area contributed by atoms with Gasteiger partial charge in [-0.25, -0.2) is 14.4 Å². The molecule has 1 saturated heterocycles. The predicted octanol–water partition coefficient (Wildman–Crippen LogP) is 2.50. The first-order valence-electron chi connectivity index (χ1n) is 11.5. The molecule has 0 amide bonds. The molecule has 3 aromatic heterocycles. The highest BCUT2D eigenvalue weighted by molar-refractivity contribution is 5.93. The van der Waals surface area contributed by atoms with Crippen molar-refractivity contribution in [3.8, 4) is 5.75 Å². The summed E-state index contributed by atoms with van der Waals surface area (Å²) in [6.07, 6.45) is 7.40. The maximum absolute atomic E-state index is 14.4. The van der Waals surface area contributed by atoms with Gasteiger partial charge in [-0.3, -0.25) is 4.68 Å². The lowest BCUT2D eigenvalue weighted by Crippen LogP contribution is -2.41. The van der Waals surface area contributed by atoms with Crippen LogP contribution < -0.4 is 15.4 Å². The third-order valence-corrected chi connectivity index (χ3v) is 7.07.